The quantitative estimate of drug-likeness (QED) is 0.712. The molecule has 0 spiro atoms. The molecule has 1 saturated heterocycles. The number of β-lactam (4-membered cyclic amide) rings is 1. The summed E-state index contributed by atoms with van der Waals surface area (Å²) >= 11 is 1.22. The van der Waals surface area contributed by atoms with Crippen molar-refractivity contribution in [2.45, 2.75) is 18.4 Å². The fourth-order valence-electron chi connectivity index (χ4n) is 2.25. The van der Waals surface area contributed by atoms with Crippen LogP contribution in [0, 0.1) is 5.92 Å². The Balaban J connectivity index is 2.01. The van der Waals surface area contributed by atoms with Gasteiger partial charge in [0, 0.05) is 0 Å². The van der Waals surface area contributed by atoms with Gasteiger partial charge >= 0.3 is 5.97 Å². The molecule has 2 aliphatic rings. The van der Waals surface area contributed by atoms with E-state index in [0.29, 0.717) is 5.03 Å². The van der Waals surface area contributed by atoms with Crippen LogP contribution in [0.4, 0.5) is 0 Å². The number of carbonyl (C=O) groups excluding carboxylic acids is 1. The minimum absolute atomic E-state index is 0.0864. The number of aliphatic hydroxyl groups excluding tert-OH is 1. The predicted octanol–water partition coefficient (Wildman–Crippen LogP) is -0.599. The molecule has 3 rings (SSSR count). The van der Waals surface area contributed by atoms with E-state index in [4.69, 9.17) is 0 Å². The molecular formula is C10H10N4O4S. The first-order chi connectivity index (χ1) is 9.02. The molecule has 8 nitrogen and oxygen atoms in total. The summed E-state index contributed by atoms with van der Waals surface area (Å²) in [6.07, 6.45) is 1.94. The molecule has 0 bridgehead atoms. The van der Waals surface area contributed by atoms with E-state index < -0.39 is 18.0 Å². The van der Waals surface area contributed by atoms with Crippen molar-refractivity contribution >= 4 is 28.7 Å². The highest BCUT2D eigenvalue weighted by molar-refractivity contribution is 8.08. The summed E-state index contributed by atoms with van der Waals surface area (Å²) < 4.78 is 1.46. The molecule has 1 aromatic rings. The molecule has 1 aromatic heterocycles. The normalized spacial score (nSPS) is 27.3. The van der Waals surface area contributed by atoms with E-state index in [1.807, 2.05) is 0 Å². The Morgan fingerprint density at radius 1 is 1.47 bits per heavy atom. The zero-order valence-electron chi connectivity index (χ0n) is 9.79. The molecule has 0 saturated carbocycles. The van der Waals surface area contributed by atoms with E-state index in [1.54, 1.807) is 0 Å². The van der Waals surface area contributed by atoms with Crippen molar-refractivity contribution in [1.82, 2.24) is 19.7 Å². The van der Waals surface area contributed by atoms with Gasteiger partial charge in [-0.25, -0.2) is 4.79 Å². The second kappa shape index (κ2) is 4.07. The van der Waals surface area contributed by atoms with Gasteiger partial charge in [-0.2, -0.15) is 0 Å². The second-order valence-corrected chi connectivity index (χ2v) is 5.42. The van der Waals surface area contributed by atoms with Crippen molar-refractivity contribution in [1.29, 1.82) is 0 Å². The topological polar surface area (TPSA) is 109 Å². The van der Waals surface area contributed by atoms with E-state index in [-0.39, 0.29) is 17.0 Å². The number of hydrogen-bond donors (Lipinski definition) is 2. The van der Waals surface area contributed by atoms with Crippen molar-refractivity contribution in [2.24, 2.45) is 5.92 Å². The molecule has 0 aliphatic carbocycles. The fourth-order valence-corrected chi connectivity index (χ4v) is 3.80. The standard InChI is InChI=1S/C10H10N4O4S/c1-4(15)5-7(16)14-6(10(17)18)9(19-8(5)14)13-2-11-12-3-13/h2-5,8,15H,1H3,(H,17,18)/t4?,5?,8-/m1/s1. The summed E-state index contributed by atoms with van der Waals surface area (Å²) in [7, 11) is 0. The highest BCUT2D eigenvalue weighted by Crippen LogP contribution is 2.51. The number of carboxylic acids is 1. The van der Waals surface area contributed by atoms with Crippen molar-refractivity contribution in [2.75, 3.05) is 0 Å². The fraction of sp³-hybridized carbons (Fsp3) is 0.400. The van der Waals surface area contributed by atoms with E-state index in [0.717, 1.165) is 0 Å². The van der Waals surface area contributed by atoms with Gasteiger partial charge in [0.1, 0.15) is 23.1 Å². The van der Waals surface area contributed by atoms with Crippen LogP contribution in [0.5, 0.6) is 0 Å². The molecule has 0 radical (unpaired) electrons. The van der Waals surface area contributed by atoms with Crippen molar-refractivity contribution in [3.8, 4) is 0 Å². The lowest BCUT2D eigenvalue weighted by atomic mass is 9.92. The predicted molar refractivity (Wildman–Crippen MR) is 64.3 cm³/mol. The Morgan fingerprint density at radius 3 is 2.63 bits per heavy atom. The Kier molecular flexibility index (Phi) is 2.61. The van der Waals surface area contributed by atoms with Crippen molar-refractivity contribution < 1.29 is 19.8 Å². The summed E-state index contributed by atoms with van der Waals surface area (Å²) in [6.45, 7) is 1.53. The average molecular weight is 282 g/mol. The first-order valence-electron chi connectivity index (χ1n) is 5.52. The molecule has 0 aromatic carbocycles. The molecule has 2 unspecified atom stereocenters. The maximum atomic E-state index is 11.9. The van der Waals surface area contributed by atoms with Crippen LogP contribution in [-0.2, 0) is 9.59 Å². The summed E-state index contributed by atoms with van der Waals surface area (Å²) in [4.78, 5) is 24.5. The van der Waals surface area contributed by atoms with Gasteiger partial charge in [-0.05, 0) is 6.92 Å². The molecule has 2 N–H and O–H groups in total. The van der Waals surface area contributed by atoms with Gasteiger partial charge in [0.2, 0.25) is 5.91 Å². The Hall–Kier alpha value is -1.87. The number of hydrogen-bond acceptors (Lipinski definition) is 6. The second-order valence-electron chi connectivity index (χ2n) is 4.31. The number of carbonyl (C=O) groups is 2. The Bertz CT molecular complexity index is 582. The summed E-state index contributed by atoms with van der Waals surface area (Å²) in [6, 6.07) is 0. The summed E-state index contributed by atoms with van der Waals surface area (Å²) in [5.74, 6) is -2.13. The van der Waals surface area contributed by atoms with E-state index in [2.05, 4.69) is 10.2 Å². The molecule has 19 heavy (non-hydrogen) atoms. The van der Waals surface area contributed by atoms with Gasteiger partial charge in [0.25, 0.3) is 0 Å². The molecule has 3 heterocycles. The zero-order valence-corrected chi connectivity index (χ0v) is 10.6. The van der Waals surface area contributed by atoms with Gasteiger partial charge in [-0.15, -0.1) is 10.2 Å². The van der Waals surface area contributed by atoms with E-state index >= 15 is 0 Å². The number of aromatic nitrogens is 3. The van der Waals surface area contributed by atoms with E-state index in [9.17, 15) is 19.8 Å². The molecular weight excluding hydrogens is 272 g/mol. The molecule has 100 valence electrons. The van der Waals surface area contributed by atoms with Crippen molar-refractivity contribution in [3.05, 3.63) is 18.4 Å². The highest BCUT2D eigenvalue weighted by Gasteiger charge is 2.58. The van der Waals surface area contributed by atoms with Gasteiger partial charge in [-0.3, -0.25) is 14.3 Å². The maximum Gasteiger partial charge on any atom is 0.355 e. The molecule has 3 atom stereocenters. The lowest BCUT2D eigenvalue weighted by molar-refractivity contribution is -0.156. The smallest absolute Gasteiger partial charge is 0.355 e. The largest absolute Gasteiger partial charge is 0.476 e. The van der Waals surface area contributed by atoms with Crippen molar-refractivity contribution in [3.63, 3.8) is 0 Å². The summed E-state index contributed by atoms with van der Waals surface area (Å²) in [5, 5.41) is 26.1. The first-order valence-corrected chi connectivity index (χ1v) is 6.40. The van der Waals surface area contributed by atoms with Gasteiger partial charge in [-0.1, -0.05) is 11.8 Å². The molecule has 9 heteroatoms. The number of amides is 1. The third-order valence-corrected chi connectivity index (χ3v) is 4.51. The highest BCUT2D eigenvalue weighted by atomic mass is 32.2. The minimum Gasteiger partial charge on any atom is -0.476 e. The van der Waals surface area contributed by atoms with Crippen LogP contribution in [-0.4, -0.2) is 53.2 Å². The van der Waals surface area contributed by atoms with Crippen LogP contribution in [0.1, 0.15) is 6.92 Å². The SMILES string of the molecule is CC(O)C1C(=O)N2C(C(=O)O)=C(n3cnnc3)S[C@H]12. The monoisotopic (exact) mass is 282 g/mol. The van der Waals surface area contributed by atoms with Crippen LogP contribution in [0.3, 0.4) is 0 Å². The van der Waals surface area contributed by atoms with Crippen LogP contribution >= 0.6 is 11.8 Å². The third-order valence-electron chi connectivity index (χ3n) is 3.14. The van der Waals surface area contributed by atoms with Gasteiger partial charge < -0.3 is 10.2 Å². The van der Waals surface area contributed by atoms with Crippen LogP contribution in [0.15, 0.2) is 18.4 Å². The average Bonchev–Trinajstić information content (AvgIpc) is 2.92. The lowest BCUT2D eigenvalue weighted by Crippen LogP contribution is -2.60. The van der Waals surface area contributed by atoms with Gasteiger partial charge in [0.05, 0.1) is 12.0 Å². The lowest BCUT2D eigenvalue weighted by Gasteiger charge is -2.43. The van der Waals surface area contributed by atoms with Gasteiger partial charge in [0.15, 0.2) is 5.70 Å². The maximum absolute atomic E-state index is 11.9. The number of fused-ring (bicyclic) bond motifs is 1. The third kappa shape index (κ3) is 1.58. The number of carboxylic acid groups (broad SMARTS) is 1. The molecule has 1 fully saturated rings. The molecule has 2 aliphatic heterocycles. The van der Waals surface area contributed by atoms with E-state index in [1.165, 1.54) is 40.8 Å². The number of aliphatic hydroxyl groups is 1. The first kappa shape index (κ1) is 12.2. The summed E-state index contributed by atoms with van der Waals surface area (Å²) in [5.41, 5.74) is -0.0864. The van der Waals surface area contributed by atoms with Crippen LogP contribution < -0.4 is 0 Å². The van der Waals surface area contributed by atoms with Crippen LogP contribution in [0.25, 0.3) is 5.03 Å². The van der Waals surface area contributed by atoms with Crippen LogP contribution in [0.2, 0.25) is 0 Å². The zero-order chi connectivity index (χ0) is 13.7. The Morgan fingerprint density at radius 2 is 2.11 bits per heavy atom. The minimum atomic E-state index is -1.18. The Labute approximate surface area is 111 Å². The molecule has 1 amide bonds. The number of thioether (sulfide) groups is 1. The number of rotatable bonds is 3. The number of nitrogens with zero attached hydrogens (tertiary/aromatic N) is 4. The number of aliphatic carboxylic acids is 1.